The van der Waals surface area contributed by atoms with E-state index in [1.54, 1.807) is 7.11 Å². The van der Waals surface area contributed by atoms with Crippen LogP contribution in [0.3, 0.4) is 0 Å². The monoisotopic (exact) mass is 482 g/mol. The van der Waals surface area contributed by atoms with Crippen LogP contribution in [0.5, 0.6) is 0 Å². The lowest BCUT2D eigenvalue weighted by Gasteiger charge is -2.35. The van der Waals surface area contributed by atoms with Crippen LogP contribution in [0.25, 0.3) is 0 Å². The van der Waals surface area contributed by atoms with Crippen molar-refractivity contribution in [3.05, 3.63) is 35.9 Å². The Morgan fingerprint density at radius 3 is 2.18 bits per heavy atom. The summed E-state index contributed by atoms with van der Waals surface area (Å²) in [6.45, 7) is 14.9. The van der Waals surface area contributed by atoms with E-state index in [2.05, 4.69) is 65.1 Å². The molecule has 0 saturated carbocycles. The quantitative estimate of drug-likeness (QED) is 0.0666. The lowest BCUT2D eigenvalue weighted by atomic mass is 10.0. The Hall–Kier alpha value is -0.763. The van der Waals surface area contributed by atoms with Gasteiger partial charge in [-0.2, -0.15) is 0 Å². The largest absolute Gasteiger partial charge is 0.382 e. The maximum Gasteiger partial charge on any atom is 0.238 e. The predicted octanol–water partition coefficient (Wildman–Crippen LogP) is 7.66. The van der Waals surface area contributed by atoms with Gasteiger partial charge in [-0.1, -0.05) is 90.1 Å². The zero-order valence-electron chi connectivity index (χ0n) is 22.4. The van der Waals surface area contributed by atoms with Gasteiger partial charge in [0.05, 0.1) is 25.9 Å². The van der Waals surface area contributed by atoms with Crippen molar-refractivity contribution < 1.29 is 23.7 Å². The predicted molar refractivity (Wildman–Crippen MR) is 139 cm³/mol. The molecule has 192 valence electrons. The van der Waals surface area contributed by atoms with Crippen LogP contribution in [0.2, 0.25) is 18.1 Å². The summed E-state index contributed by atoms with van der Waals surface area (Å²) in [5.74, 6) is 0. The molecule has 0 amide bonds. The van der Waals surface area contributed by atoms with Crippen molar-refractivity contribution >= 4 is 8.32 Å². The number of methoxy groups -OCH3 is 1. The van der Waals surface area contributed by atoms with Gasteiger partial charge in [-0.05, 0) is 36.5 Å². The maximum absolute atomic E-state index is 6.34. The molecule has 0 bridgehead atoms. The van der Waals surface area contributed by atoms with Gasteiger partial charge in [-0.15, -0.1) is 0 Å². The van der Waals surface area contributed by atoms with Gasteiger partial charge in [0.25, 0.3) is 0 Å². The van der Waals surface area contributed by atoms with Gasteiger partial charge in [0, 0.05) is 13.5 Å². The second kappa shape index (κ2) is 16.8. The van der Waals surface area contributed by atoms with Gasteiger partial charge in [-0.25, -0.2) is 4.89 Å². The summed E-state index contributed by atoms with van der Waals surface area (Å²) >= 11 is 0. The average molecular weight is 483 g/mol. The Labute approximate surface area is 204 Å². The van der Waals surface area contributed by atoms with Crippen molar-refractivity contribution in [3.8, 4) is 0 Å². The highest BCUT2D eigenvalue weighted by molar-refractivity contribution is 6.73. The van der Waals surface area contributed by atoms with E-state index < -0.39 is 14.6 Å². The minimum absolute atomic E-state index is 0.0733. The first kappa shape index (κ1) is 30.3. The van der Waals surface area contributed by atoms with Gasteiger partial charge in [0.1, 0.15) is 0 Å². The second-order valence-corrected chi connectivity index (χ2v) is 15.1. The highest BCUT2D eigenvalue weighted by Gasteiger charge is 2.39. The van der Waals surface area contributed by atoms with Gasteiger partial charge in [0.15, 0.2) is 6.29 Å². The van der Waals surface area contributed by atoms with Crippen LogP contribution in [0.4, 0.5) is 0 Å². The molecule has 6 heteroatoms. The molecule has 0 aliphatic rings. The van der Waals surface area contributed by atoms with Crippen molar-refractivity contribution in [2.75, 3.05) is 20.3 Å². The number of benzene rings is 1. The van der Waals surface area contributed by atoms with Crippen molar-refractivity contribution in [3.63, 3.8) is 0 Å². The molecule has 2 unspecified atom stereocenters. The van der Waals surface area contributed by atoms with Crippen molar-refractivity contribution in [2.45, 2.75) is 116 Å². The summed E-state index contributed by atoms with van der Waals surface area (Å²) in [4.78, 5) is 5.88. The van der Waals surface area contributed by atoms with Gasteiger partial charge < -0.3 is 14.2 Å². The fourth-order valence-corrected chi connectivity index (χ4v) is 3.72. The SMILES string of the molecule is CCCCCCCC(CCC(OCCOC)OO[Si](C)(C)C(C)(C)C)OCc1ccccc1. The fourth-order valence-electron chi connectivity index (χ4n) is 3.12. The van der Waals surface area contributed by atoms with Crippen molar-refractivity contribution in [1.29, 1.82) is 0 Å². The Kier molecular flexibility index (Phi) is 15.4. The highest BCUT2D eigenvalue weighted by Crippen LogP contribution is 2.37. The topological polar surface area (TPSA) is 46.2 Å². The van der Waals surface area contributed by atoms with Crippen molar-refractivity contribution in [1.82, 2.24) is 0 Å². The second-order valence-electron chi connectivity index (χ2n) is 10.4. The highest BCUT2D eigenvalue weighted by atomic mass is 28.4. The van der Waals surface area contributed by atoms with Crippen LogP contribution in [0.1, 0.15) is 84.6 Å². The summed E-state index contributed by atoms with van der Waals surface area (Å²) in [6.07, 6.45) is 8.75. The van der Waals surface area contributed by atoms with Crippen LogP contribution in [-0.2, 0) is 30.3 Å². The third kappa shape index (κ3) is 13.6. The summed E-state index contributed by atoms with van der Waals surface area (Å²) in [5, 5.41) is 0.0733. The molecule has 33 heavy (non-hydrogen) atoms. The molecular weight excluding hydrogens is 432 g/mol. The van der Waals surface area contributed by atoms with E-state index in [9.17, 15) is 0 Å². The minimum atomic E-state index is -2.03. The van der Waals surface area contributed by atoms with Crippen LogP contribution in [0, 0.1) is 0 Å². The van der Waals surface area contributed by atoms with E-state index in [0.717, 1.165) is 19.3 Å². The minimum Gasteiger partial charge on any atom is -0.382 e. The zero-order valence-corrected chi connectivity index (χ0v) is 23.4. The number of ether oxygens (including phenoxy) is 3. The summed E-state index contributed by atoms with van der Waals surface area (Å²) in [7, 11) is -0.351. The molecule has 2 atom stereocenters. The van der Waals surface area contributed by atoms with Crippen LogP contribution in [0.15, 0.2) is 30.3 Å². The lowest BCUT2D eigenvalue weighted by Crippen LogP contribution is -2.42. The number of hydrogen-bond donors (Lipinski definition) is 0. The molecule has 1 rings (SSSR count). The molecule has 5 nitrogen and oxygen atoms in total. The maximum atomic E-state index is 6.34. The molecule has 1 aromatic carbocycles. The van der Waals surface area contributed by atoms with Gasteiger partial charge in [-0.3, -0.25) is 4.58 Å². The molecule has 0 saturated heterocycles. The molecule has 0 spiro atoms. The van der Waals surface area contributed by atoms with Gasteiger partial charge >= 0.3 is 0 Å². The van der Waals surface area contributed by atoms with Crippen LogP contribution in [-0.4, -0.2) is 41.0 Å². The normalized spacial score (nSPS) is 14.4. The van der Waals surface area contributed by atoms with Crippen LogP contribution < -0.4 is 0 Å². The average Bonchev–Trinajstić information content (AvgIpc) is 2.78. The molecule has 0 aliphatic carbocycles. The molecule has 0 aliphatic heterocycles. The Morgan fingerprint density at radius 1 is 0.848 bits per heavy atom. The molecular formula is C27H50O5Si. The van der Waals surface area contributed by atoms with Crippen molar-refractivity contribution in [2.24, 2.45) is 0 Å². The number of rotatable bonds is 19. The third-order valence-electron chi connectivity index (χ3n) is 6.44. The van der Waals surface area contributed by atoms with Gasteiger partial charge in [0.2, 0.25) is 8.32 Å². The molecule has 0 heterocycles. The molecule has 0 radical (unpaired) electrons. The van der Waals surface area contributed by atoms with E-state index in [1.807, 2.05) is 6.07 Å². The summed E-state index contributed by atoms with van der Waals surface area (Å²) in [5.41, 5.74) is 1.21. The third-order valence-corrected chi connectivity index (χ3v) is 10.6. The van der Waals surface area contributed by atoms with E-state index in [0.29, 0.717) is 19.8 Å². The molecule has 0 aromatic heterocycles. The van der Waals surface area contributed by atoms with E-state index >= 15 is 0 Å². The molecule has 0 fully saturated rings. The standard InChI is InChI=1S/C27H50O5Si/c1-8-9-10-11-15-18-25(30-23-24-16-13-12-14-17-24)19-20-26(29-22-21-28-5)31-32-33(6,7)27(2,3)4/h12-14,16-17,25-26H,8-11,15,18-23H2,1-7H3. The smallest absolute Gasteiger partial charge is 0.238 e. The summed E-state index contributed by atoms with van der Waals surface area (Å²) in [6, 6.07) is 10.4. The first-order valence-electron chi connectivity index (χ1n) is 12.8. The first-order chi connectivity index (χ1) is 15.7. The van der Waals surface area contributed by atoms with Crippen LogP contribution >= 0.6 is 0 Å². The molecule has 1 aromatic rings. The van der Waals surface area contributed by atoms with E-state index in [-0.39, 0.29) is 11.1 Å². The van der Waals surface area contributed by atoms with E-state index in [4.69, 9.17) is 23.7 Å². The Balaban J connectivity index is 2.66. The first-order valence-corrected chi connectivity index (χ1v) is 15.7. The lowest BCUT2D eigenvalue weighted by molar-refractivity contribution is -0.332. The Morgan fingerprint density at radius 2 is 1.55 bits per heavy atom. The Bertz CT molecular complexity index is 588. The molecule has 0 N–H and O–H groups in total. The zero-order chi connectivity index (χ0) is 24.6. The fraction of sp³-hybridized carbons (Fsp3) is 0.778. The number of unbranched alkanes of at least 4 members (excludes halogenated alkanes) is 4. The summed E-state index contributed by atoms with van der Waals surface area (Å²) < 4.78 is 23.5. The van der Waals surface area contributed by atoms with E-state index in [1.165, 1.54) is 37.7 Å². The number of hydrogen-bond acceptors (Lipinski definition) is 5.